The molecule has 0 saturated carbocycles. The van der Waals surface area contributed by atoms with Crippen molar-refractivity contribution < 1.29 is 9.18 Å². The van der Waals surface area contributed by atoms with Crippen LogP contribution in [-0.4, -0.2) is 56.7 Å². The Labute approximate surface area is 239 Å². The normalized spacial score (nSPS) is 14.3. The number of anilines is 1. The average Bonchev–Trinajstić information content (AvgIpc) is 3.14. The van der Waals surface area contributed by atoms with Crippen molar-refractivity contribution in [2.75, 3.05) is 31.1 Å². The molecule has 0 unspecified atom stereocenters. The molecule has 0 spiro atoms. The lowest BCUT2D eigenvalue weighted by Gasteiger charge is -2.24. The average molecular weight is 551 g/mol. The zero-order valence-electron chi connectivity index (χ0n) is 23.8. The Balaban J connectivity index is 1.32. The third kappa shape index (κ3) is 5.51. The van der Waals surface area contributed by atoms with Crippen molar-refractivity contribution in [2.45, 2.75) is 40.0 Å². The van der Waals surface area contributed by atoms with Crippen LogP contribution in [0.4, 0.5) is 10.2 Å². The molecule has 1 saturated heterocycles. The molecule has 1 aliphatic rings. The van der Waals surface area contributed by atoms with E-state index in [-0.39, 0.29) is 11.7 Å². The van der Waals surface area contributed by atoms with E-state index in [1.54, 1.807) is 16.8 Å². The molecule has 0 aliphatic carbocycles. The van der Waals surface area contributed by atoms with E-state index in [4.69, 9.17) is 15.1 Å². The molecule has 7 nitrogen and oxygen atoms in total. The van der Waals surface area contributed by atoms with Crippen LogP contribution in [0.15, 0.2) is 66.7 Å². The maximum Gasteiger partial charge on any atom is 0.253 e. The maximum absolute atomic E-state index is 13.7. The highest BCUT2D eigenvalue weighted by atomic mass is 19.1. The van der Waals surface area contributed by atoms with Gasteiger partial charge in [0.25, 0.3) is 5.91 Å². The van der Waals surface area contributed by atoms with Crippen LogP contribution in [-0.2, 0) is 6.42 Å². The second-order valence-corrected chi connectivity index (χ2v) is 11.3. The van der Waals surface area contributed by atoms with Crippen LogP contribution in [0.2, 0.25) is 0 Å². The first-order chi connectivity index (χ1) is 19.9. The summed E-state index contributed by atoms with van der Waals surface area (Å²) in [6.45, 7) is 9.09. The van der Waals surface area contributed by atoms with Crippen LogP contribution in [0.5, 0.6) is 0 Å². The van der Waals surface area contributed by atoms with Crippen molar-refractivity contribution >= 4 is 33.5 Å². The second kappa shape index (κ2) is 11.3. The number of fused-ring (bicyclic) bond motifs is 2. The zero-order valence-corrected chi connectivity index (χ0v) is 23.8. The summed E-state index contributed by atoms with van der Waals surface area (Å²) in [5.74, 6) is 1.93. The van der Waals surface area contributed by atoms with E-state index in [1.807, 2.05) is 48.2 Å². The van der Waals surface area contributed by atoms with Gasteiger partial charge in [0.05, 0.1) is 16.8 Å². The lowest BCUT2D eigenvalue weighted by molar-refractivity contribution is 0.0767. The molecule has 5 aromatic rings. The maximum atomic E-state index is 13.7. The molecule has 0 N–H and O–H groups in total. The minimum Gasteiger partial charge on any atom is -0.354 e. The Hall–Kier alpha value is -4.33. The van der Waals surface area contributed by atoms with Crippen molar-refractivity contribution in [1.29, 1.82) is 0 Å². The van der Waals surface area contributed by atoms with Crippen molar-refractivity contribution in [3.63, 3.8) is 0 Å². The van der Waals surface area contributed by atoms with E-state index in [2.05, 4.69) is 24.8 Å². The molecule has 1 fully saturated rings. The van der Waals surface area contributed by atoms with Crippen LogP contribution in [0, 0.1) is 18.7 Å². The Morgan fingerprint density at radius 2 is 1.71 bits per heavy atom. The highest BCUT2D eigenvalue weighted by molar-refractivity contribution is 5.98. The largest absolute Gasteiger partial charge is 0.354 e. The van der Waals surface area contributed by atoms with E-state index in [1.165, 1.54) is 12.1 Å². The molecule has 1 aliphatic heterocycles. The quantitative estimate of drug-likeness (QED) is 0.246. The summed E-state index contributed by atoms with van der Waals surface area (Å²) < 4.78 is 15.5. The minimum absolute atomic E-state index is 0.0587. The van der Waals surface area contributed by atoms with Crippen LogP contribution in [0.1, 0.15) is 48.6 Å². The van der Waals surface area contributed by atoms with Crippen molar-refractivity contribution in [3.8, 4) is 5.69 Å². The molecule has 3 heterocycles. The molecule has 6 rings (SSSR count). The number of aryl methyl sites for hydroxylation is 2. The first kappa shape index (κ1) is 26.9. The van der Waals surface area contributed by atoms with E-state index in [0.717, 1.165) is 70.6 Å². The molecule has 3 aromatic carbocycles. The molecule has 41 heavy (non-hydrogen) atoms. The lowest BCUT2D eigenvalue weighted by Crippen LogP contribution is -2.35. The Morgan fingerprint density at radius 1 is 0.927 bits per heavy atom. The number of amides is 1. The van der Waals surface area contributed by atoms with Crippen molar-refractivity contribution in [2.24, 2.45) is 5.92 Å². The number of aromatic nitrogens is 4. The summed E-state index contributed by atoms with van der Waals surface area (Å²) in [4.78, 5) is 27.8. The first-order valence-electron chi connectivity index (χ1n) is 14.4. The van der Waals surface area contributed by atoms with E-state index >= 15 is 0 Å². The predicted octanol–water partition coefficient (Wildman–Crippen LogP) is 6.36. The molecule has 0 atom stereocenters. The number of halogens is 1. The molecule has 8 heteroatoms. The van der Waals surface area contributed by atoms with Gasteiger partial charge in [0.15, 0.2) is 5.65 Å². The molecule has 2 aromatic heterocycles. The van der Waals surface area contributed by atoms with Crippen LogP contribution in [0.25, 0.3) is 27.5 Å². The van der Waals surface area contributed by atoms with Gasteiger partial charge in [-0.2, -0.15) is 5.10 Å². The summed E-state index contributed by atoms with van der Waals surface area (Å²) in [5, 5.41) is 7.91. The van der Waals surface area contributed by atoms with Crippen molar-refractivity contribution in [1.82, 2.24) is 24.6 Å². The topological polar surface area (TPSA) is 67.2 Å². The van der Waals surface area contributed by atoms with Crippen LogP contribution < -0.4 is 4.90 Å². The van der Waals surface area contributed by atoms with Gasteiger partial charge in [0.2, 0.25) is 0 Å². The molecular formula is C33H35FN6O. The standard InChI is InChI=1S/C33H35FN6O/c1-22(2)9-16-29-35-31(30-23(3)37-40(32(30)36-29)28-14-12-27(34)13-15-28)38-17-6-18-39(20-19-38)33(41)26-11-10-24-7-4-5-8-25(24)21-26/h4-5,7-8,10-15,21-22H,6,9,16-20H2,1-3H3. The molecular weight excluding hydrogens is 515 g/mol. The zero-order chi connectivity index (χ0) is 28.5. The fraction of sp³-hybridized carbons (Fsp3) is 0.333. The third-order valence-corrected chi connectivity index (χ3v) is 7.83. The van der Waals surface area contributed by atoms with Gasteiger partial charge in [0.1, 0.15) is 17.5 Å². The fourth-order valence-corrected chi connectivity index (χ4v) is 5.56. The van der Waals surface area contributed by atoms with Gasteiger partial charge in [-0.25, -0.2) is 19.0 Å². The number of hydrogen-bond donors (Lipinski definition) is 0. The van der Waals surface area contributed by atoms with Gasteiger partial charge >= 0.3 is 0 Å². The number of carbonyl (C=O) groups excluding carboxylic acids is 1. The van der Waals surface area contributed by atoms with Crippen molar-refractivity contribution in [3.05, 3.63) is 89.6 Å². The second-order valence-electron chi connectivity index (χ2n) is 11.3. The molecule has 210 valence electrons. The minimum atomic E-state index is -0.290. The summed E-state index contributed by atoms with van der Waals surface area (Å²) in [7, 11) is 0. The van der Waals surface area contributed by atoms with E-state index in [9.17, 15) is 9.18 Å². The van der Waals surface area contributed by atoms with Gasteiger partial charge < -0.3 is 9.80 Å². The predicted molar refractivity (Wildman–Crippen MR) is 161 cm³/mol. The summed E-state index contributed by atoms with van der Waals surface area (Å²) in [6.07, 6.45) is 2.56. The van der Waals surface area contributed by atoms with Gasteiger partial charge in [-0.15, -0.1) is 0 Å². The number of rotatable bonds is 6. The lowest BCUT2D eigenvalue weighted by atomic mass is 10.1. The molecule has 0 bridgehead atoms. The van der Waals surface area contributed by atoms with E-state index in [0.29, 0.717) is 31.1 Å². The van der Waals surface area contributed by atoms with Crippen LogP contribution >= 0.6 is 0 Å². The fourth-order valence-electron chi connectivity index (χ4n) is 5.56. The Morgan fingerprint density at radius 3 is 2.49 bits per heavy atom. The van der Waals surface area contributed by atoms with Crippen LogP contribution in [0.3, 0.4) is 0 Å². The van der Waals surface area contributed by atoms with E-state index < -0.39 is 0 Å². The number of nitrogens with zero attached hydrogens (tertiary/aromatic N) is 6. The first-order valence-corrected chi connectivity index (χ1v) is 14.4. The SMILES string of the molecule is Cc1nn(-c2ccc(F)cc2)c2nc(CCC(C)C)nc(N3CCCN(C(=O)c4ccc5ccccc5c4)CC3)c12. The third-order valence-electron chi connectivity index (χ3n) is 7.83. The number of carbonyl (C=O) groups is 1. The highest BCUT2D eigenvalue weighted by Gasteiger charge is 2.25. The Kier molecular flexibility index (Phi) is 7.39. The smallest absolute Gasteiger partial charge is 0.253 e. The van der Waals surface area contributed by atoms with Gasteiger partial charge in [-0.05, 0) is 72.9 Å². The highest BCUT2D eigenvalue weighted by Crippen LogP contribution is 2.30. The summed E-state index contributed by atoms with van der Waals surface area (Å²) in [5.41, 5.74) is 3.02. The van der Waals surface area contributed by atoms with Gasteiger partial charge in [-0.3, -0.25) is 4.79 Å². The molecule has 0 radical (unpaired) electrons. The summed E-state index contributed by atoms with van der Waals surface area (Å²) in [6, 6.07) is 20.4. The van der Waals surface area contributed by atoms with Gasteiger partial charge in [0, 0.05) is 38.2 Å². The Bertz CT molecular complexity index is 1710. The van der Waals surface area contributed by atoms with Gasteiger partial charge in [-0.1, -0.05) is 44.2 Å². The number of benzene rings is 3. The monoisotopic (exact) mass is 550 g/mol. The number of hydrogen-bond acceptors (Lipinski definition) is 5. The molecule has 1 amide bonds. The summed E-state index contributed by atoms with van der Waals surface area (Å²) >= 11 is 0.